The van der Waals surface area contributed by atoms with Gasteiger partial charge in [0.15, 0.2) is 0 Å². The Balaban J connectivity index is 3.23. The van der Waals surface area contributed by atoms with E-state index in [9.17, 15) is 24.6 Å². The molecule has 0 aliphatic rings. The molecule has 0 unspecified atom stereocenters. The van der Waals surface area contributed by atoms with Crippen LogP contribution >= 0.6 is 0 Å². The predicted molar refractivity (Wildman–Crippen MR) is 46.2 cm³/mol. The van der Waals surface area contributed by atoms with Gasteiger partial charge in [-0.3, -0.25) is 0 Å². The topological polar surface area (TPSA) is 0 Å². The summed E-state index contributed by atoms with van der Waals surface area (Å²) >= 11 is 0. The van der Waals surface area contributed by atoms with Gasteiger partial charge in [0.05, 0.1) is 0 Å². The maximum atomic E-state index is 11.7. The van der Waals surface area contributed by atoms with Crippen molar-refractivity contribution in [2.75, 3.05) is 0 Å². The van der Waals surface area contributed by atoms with E-state index in [4.69, 9.17) is 0 Å². The van der Waals surface area contributed by atoms with Crippen molar-refractivity contribution in [3.8, 4) is 0 Å². The zero-order valence-corrected chi connectivity index (χ0v) is 9.51. The van der Waals surface area contributed by atoms with Crippen molar-refractivity contribution in [2.45, 2.75) is 37.8 Å². The molecule has 0 aliphatic carbocycles. The molecule has 0 rings (SSSR count). The van der Waals surface area contributed by atoms with Crippen molar-refractivity contribution in [3.05, 3.63) is 0 Å². The Kier molecular flexibility index (Phi) is 5.79. The first kappa shape index (κ1) is 14.0. The van der Waals surface area contributed by atoms with Crippen LogP contribution in [-0.2, 0) is 0 Å². The van der Waals surface area contributed by atoms with Gasteiger partial charge in [0, 0.05) is 12.1 Å². The third kappa shape index (κ3) is 12.0. The van der Waals surface area contributed by atoms with Crippen LogP contribution in [0.4, 0.5) is 24.6 Å². The van der Waals surface area contributed by atoms with E-state index < -0.39 is 30.2 Å². The largest absolute Gasteiger partial charge is 0.616 e. The number of rotatable bonds is 7. The van der Waals surface area contributed by atoms with Crippen LogP contribution in [0.25, 0.3) is 0 Å². The van der Waals surface area contributed by atoms with Crippen LogP contribution in [0.2, 0.25) is 12.1 Å². The van der Waals surface area contributed by atoms with Gasteiger partial charge in [0.25, 0.3) is 0 Å². The van der Waals surface area contributed by atoms with Crippen LogP contribution in [0.3, 0.4) is 0 Å². The Hall–Kier alpha value is 0.0138. The normalized spacial score (nSPS) is 13.3. The van der Waals surface area contributed by atoms with Gasteiger partial charge in [-0.15, -0.1) is 0 Å². The molecule has 0 bridgehead atoms. The van der Waals surface area contributed by atoms with Crippen LogP contribution in [0.15, 0.2) is 0 Å². The smallest absolute Gasteiger partial charge is 0.238 e. The minimum absolute atomic E-state index is 0.00483. The lowest BCUT2D eigenvalue weighted by atomic mass is 10.2. The number of hydrogen-bond acceptors (Lipinski definition) is 0. The fourth-order valence-electron chi connectivity index (χ4n) is 1.00. The lowest BCUT2D eigenvalue weighted by Crippen LogP contribution is -2.14. The Morgan fingerprint density at radius 3 is 1.00 bits per heavy atom. The summed E-state index contributed by atoms with van der Waals surface area (Å²) in [6, 6.07) is -1.51. The molecule has 0 fully saturated rings. The summed E-state index contributed by atoms with van der Waals surface area (Å²) in [6.45, 7) is 0. The summed E-state index contributed by atoms with van der Waals surface area (Å²) in [5, 5.41) is 0. The van der Waals surface area contributed by atoms with Gasteiger partial charge < -0.3 is 0 Å². The van der Waals surface area contributed by atoms with E-state index in [2.05, 4.69) is 0 Å². The molecule has 0 heterocycles. The highest BCUT2D eigenvalue weighted by molar-refractivity contribution is 6.58. The van der Waals surface area contributed by atoms with E-state index >= 15 is 0 Å². The molecule has 0 aromatic carbocycles. The molecule has 0 saturated carbocycles. The highest BCUT2D eigenvalue weighted by Crippen LogP contribution is 2.22. The average molecular weight is 254 g/mol. The van der Waals surface area contributed by atoms with E-state index in [-0.39, 0.29) is 25.7 Å². The second kappa shape index (κ2) is 5.79. The zero-order chi connectivity index (χ0) is 11.2. The molecule has 14 heavy (non-hydrogen) atoms. The fraction of sp³-hybridized carbons (Fsp3) is 1.00. The van der Waals surface area contributed by atoms with Crippen molar-refractivity contribution in [1.82, 2.24) is 0 Å². The first-order valence-electron chi connectivity index (χ1n) is 4.34. The lowest BCUT2D eigenvalue weighted by Gasteiger charge is -2.03. The van der Waals surface area contributed by atoms with Crippen molar-refractivity contribution in [3.63, 3.8) is 0 Å². The van der Waals surface area contributed by atoms with E-state index in [1.165, 1.54) is 0 Å². The van der Waals surface area contributed by atoms with Gasteiger partial charge >= 0.3 is 18.2 Å². The van der Waals surface area contributed by atoms with Crippen molar-refractivity contribution in [1.29, 1.82) is 0 Å². The lowest BCUT2D eigenvalue weighted by molar-refractivity contribution is 0.450. The molecular formula is C6H12F6Si2. The third-order valence-electron chi connectivity index (χ3n) is 1.67. The summed E-state index contributed by atoms with van der Waals surface area (Å²) in [5.74, 6) is 0. The van der Waals surface area contributed by atoms with Gasteiger partial charge in [0.1, 0.15) is 0 Å². The number of halogens is 6. The quantitative estimate of drug-likeness (QED) is 0.276. The zero-order valence-electron chi connectivity index (χ0n) is 7.51. The minimum atomic E-state index is -5.47. The predicted octanol–water partition coefficient (Wildman–Crippen LogP) is 4.24. The Morgan fingerprint density at radius 2 is 0.786 bits per heavy atom. The maximum Gasteiger partial charge on any atom is 0.616 e. The highest BCUT2D eigenvalue weighted by atomic mass is 28.5. The molecule has 86 valence electrons. The van der Waals surface area contributed by atoms with Crippen molar-refractivity contribution >= 4 is 18.2 Å². The second-order valence-electron chi connectivity index (χ2n) is 3.14. The summed E-state index contributed by atoms with van der Waals surface area (Å²) in [7, 11) is -10.9. The van der Waals surface area contributed by atoms with Crippen LogP contribution < -0.4 is 0 Å². The third-order valence-corrected chi connectivity index (χ3v) is 3.51. The Labute approximate surface area is 81.4 Å². The molecule has 8 heteroatoms. The SMILES string of the molecule is F[Si](F)(F)CCCCCC[Si](F)(F)F. The van der Waals surface area contributed by atoms with Crippen molar-refractivity contribution in [2.24, 2.45) is 0 Å². The second-order valence-corrected chi connectivity index (χ2v) is 6.61. The molecule has 0 radical (unpaired) electrons. The standard InChI is InChI=1S/C6H12F6Si2/c7-13(8,9)5-3-1-2-4-6-14(10,11)12/h1-6H2. The number of unbranched alkanes of at least 4 members (excludes halogenated alkanes) is 3. The minimum Gasteiger partial charge on any atom is -0.238 e. The molecule has 0 aromatic heterocycles. The molecule has 0 amide bonds. The van der Waals surface area contributed by atoms with Crippen LogP contribution in [0.5, 0.6) is 0 Å². The molecular weight excluding hydrogens is 242 g/mol. The first-order chi connectivity index (χ1) is 6.21. The molecule has 0 aromatic rings. The van der Waals surface area contributed by atoms with Crippen LogP contribution in [0.1, 0.15) is 25.7 Å². The summed E-state index contributed by atoms with van der Waals surface area (Å²) < 4.78 is 70.3. The monoisotopic (exact) mass is 254 g/mol. The molecule has 0 N–H and O–H groups in total. The summed E-state index contributed by atoms with van der Waals surface area (Å²) in [6.07, 6.45) is 0.512. The molecule has 0 saturated heterocycles. The summed E-state index contributed by atoms with van der Waals surface area (Å²) in [4.78, 5) is 0. The van der Waals surface area contributed by atoms with Gasteiger partial charge in [-0.25, -0.2) is 24.6 Å². The van der Waals surface area contributed by atoms with Crippen molar-refractivity contribution < 1.29 is 24.6 Å². The molecule has 0 spiro atoms. The molecule has 0 aliphatic heterocycles. The van der Waals surface area contributed by atoms with Crippen LogP contribution in [0, 0.1) is 0 Å². The molecule has 0 nitrogen and oxygen atoms in total. The molecule has 0 atom stereocenters. The van der Waals surface area contributed by atoms with Gasteiger partial charge in [-0.2, -0.15) is 0 Å². The highest BCUT2D eigenvalue weighted by Gasteiger charge is 2.36. The Bertz CT molecular complexity index is 133. The van der Waals surface area contributed by atoms with Gasteiger partial charge in [-0.05, 0) is 12.8 Å². The van der Waals surface area contributed by atoms with E-state index in [0.717, 1.165) is 0 Å². The first-order valence-corrected chi connectivity index (χ1v) is 8.02. The van der Waals surface area contributed by atoms with Gasteiger partial charge in [0.2, 0.25) is 0 Å². The van der Waals surface area contributed by atoms with E-state index in [1.807, 2.05) is 0 Å². The maximum absolute atomic E-state index is 11.7. The average Bonchev–Trinajstić information content (AvgIpc) is 1.92. The summed E-state index contributed by atoms with van der Waals surface area (Å²) in [5.41, 5.74) is 0. The van der Waals surface area contributed by atoms with E-state index in [0.29, 0.717) is 0 Å². The van der Waals surface area contributed by atoms with Crippen LogP contribution in [-0.4, -0.2) is 18.2 Å². The van der Waals surface area contributed by atoms with Gasteiger partial charge in [-0.1, -0.05) is 12.8 Å². The number of hydrogen-bond donors (Lipinski definition) is 0. The van der Waals surface area contributed by atoms with E-state index in [1.54, 1.807) is 0 Å². The Morgan fingerprint density at radius 1 is 0.500 bits per heavy atom. The fourth-order valence-corrected chi connectivity index (χ4v) is 2.31.